The number of anilines is 4. The van der Waals surface area contributed by atoms with Crippen molar-refractivity contribution in [3.8, 4) is 5.75 Å². The van der Waals surface area contributed by atoms with E-state index in [0.717, 1.165) is 30.1 Å². The van der Waals surface area contributed by atoms with Gasteiger partial charge in [0, 0.05) is 17.2 Å². The lowest BCUT2D eigenvalue weighted by atomic mass is 10.2. The van der Waals surface area contributed by atoms with Gasteiger partial charge < -0.3 is 10.1 Å². The first-order valence-corrected chi connectivity index (χ1v) is 11.1. The molecule has 0 amide bonds. The standard InChI is InChI=1S/C26H21F4N7O/c1-15-9-10-21(38-2)20(11-15)33-26-34-22(36-31-13-16-5-3-7-18(27)24(16)29)12-23(35-26)37-32-14-17-6-4-8-19(28)25(17)30/h3-14H,1-2H3,(H3,33,34,35,36,37). The van der Waals surface area contributed by atoms with Crippen molar-refractivity contribution in [3.05, 3.63) is 101 Å². The number of halogens is 4. The van der Waals surface area contributed by atoms with Gasteiger partial charge in [0.25, 0.3) is 0 Å². The molecule has 0 fully saturated rings. The lowest BCUT2D eigenvalue weighted by Gasteiger charge is -2.12. The molecule has 0 aliphatic rings. The lowest BCUT2D eigenvalue weighted by molar-refractivity contribution is 0.416. The number of aryl methyl sites for hydroxylation is 1. The number of aromatic nitrogens is 2. The fourth-order valence-corrected chi connectivity index (χ4v) is 3.23. The second-order valence-corrected chi connectivity index (χ2v) is 7.82. The van der Waals surface area contributed by atoms with Gasteiger partial charge >= 0.3 is 0 Å². The number of nitrogens with one attached hydrogen (secondary N) is 3. The summed E-state index contributed by atoms with van der Waals surface area (Å²) in [5.74, 6) is -3.17. The molecule has 8 nitrogen and oxygen atoms in total. The second-order valence-electron chi connectivity index (χ2n) is 7.82. The molecule has 194 valence electrons. The molecule has 0 spiro atoms. The zero-order valence-electron chi connectivity index (χ0n) is 20.1. The van der Waals surface area contributed by atoms with Crippen molar-refractivity contribution < 1.29 is 22.3 Å². The Hall–Kier alpha value is -5.00. The molecule has 0 saturated carbocycles. The average Bonchev–Trinajstić information content (AvgIpc) is 2.89. The molecule has 3 aromatic carbocycles. The summed E-state index contributed by atoms with van der Waals surface area (Å²) in [6.07, 6.45) is 2.18. The number of ether oxygens (including phenoxy) is 1. The SMILES string of the molecule is COc1ccc(C)cc1Nc1nc(NN=Cc2cccc(F)c2F)cc(NN=Cc2cccc(F)c2F)n1. The van der Waals surface area contributed by atoms with Gasteiger partial charge in [0.05, 0.1) is 25.2 Å². The van der Waals surface area contributed by atoms with Crippen LogP contribution in [-0.2, 0) is 0 Å². The molecule has 3 N–H and O–H groups in total. The molecule has 4 rings (SSSR count). The third-order valence-corrected chi connectivity index (χ3v) is 5.06. The molecule has 0 aliphatic carbocycles. The third kappa shape index (κ3) is 6.40. The number of rotatable bonds is 9. The van der Waals surface area contributed by atoms with Gasteiger partial charge in [0.1, 0.15) is 5.75 Å². The normalized spacial score (nSPS) is 11.2. The van der Waals surface area contributed by atoms with Crippen LogP contribution in [0, 0.1) is 30.2 Å². The van der Waals surface area contributed by atoms with Crippen LogP contribution in [0.5, 0.6) is 5.75 Å². The first-order valence-electron chi connectivity index (χ1n) is 11.1. The molecule has 12 heteroatoms. The lowest BCUT2D eigenvalue weighted by Crippen LogP contribution is -2.05. The fraction of sp³-hybridized carbons (Fsp3) is 0.0769. The maximum Gasteiger partial charge on any atom is 0.231 e. The highest BCUT2D eigenvalue weighted by molar-refractivity contribution is 5.81. The Morgan fingerprint density at radius 3 is 1.84 bits per heavy atom. The Balaban J connectivity index is 1.61. The second kappa shape index (κ2) is 11.8. The molecule has 1 heterocycles. The molecule has 0 bridgehead atoms. The zero-order valence-corrected chi connectivity index (χ0v) is 20.1. The number of nitrogens with zero attached hydrogens (tertiary/aromatic N) is 4. The van der Waals surface area contributed by atoms with Crippen LogP contribution in [0.2, 0.25) is 0 Å². The quantitative estimate of drug-likeness (QED) is 0.142. The Labute approximate surface area is 215 Å². The van der Waals surface area contributed by atoms with Gasteiger partial charge in [-0.15, -0.1) is 0 Å². The van der Waals surface area contributed by atoms with Crippen LogP contribution in [0.15, 0.2) is 70.9 Å². The van der Waals surface area contributed by atoms with E-state index in [2.05, 4.69) is 36.3 Å². The molecule has 0 saturated heterocycles. The largest absolute Gasteiger partial charge is 0.495 e. The van der Waals surface area contributed by atoms with Gasteiger partial charge in [-0.05, 0) is 36.8 Å². The van der Waals surface area contributed by atoms with E-state index in [-0.39, 0.29) is 28.7 Å². The Morgan fingerprint density at radius 1 is 0.763 bits per heavy atom. The van der Waals surface area contributed by atoms with Gasteiger partial charge in [-0.2, -0.15) is 20.2 Å². The van der Waals surface area contributed by atoms with E-state index in [9.17, 15) is 17.6 Å². The van der Waals surface area contributed by atoms with Crippen molar-refractivity contribution >= 4 is 35.7 Å². The molecular formula is C26H21F4N7O. The predicted octanol–water partition coefficient (Wildman–Crippen LogP) is 5.99. The fourth-order valence-electron chi connectivity index (χ4n) is 3.23. The van der Waals surface area contributed by atoms with Crippen LogP contribution in [0.25, 0.3) is 0 Å². The molecule has 4 aromatic rings. The zero-order chi connectivity index (χ0) is 27.1. The van der Waals surface area contributed by atoms with Crippen molar-refractivity contribution in [2.45, 2.75) is 6.92 Å². The Bertz CT molecular complexity index is 1430. The summed E-state index contributed by atoms with van der Waals surface area (Å²) < 4.78 is 60.1. The van der Waals surface area contributed by atoms with E-state index in [1.54, 1.807) is 6.07 Å². The summed E-state index contributed by atoms with van der Waals surface area (Å²) in [4.78, 5) is 8.65. The number of hydrogen-bond donors (Lipinski definition) is 3. The highest BCUT2D eigenvalue weighted by Crippen LogP contribution is 2.28. The molecular weight excluding hydrogens is 502 g/mol. The summed E-state index contributed by atoms with van der Waals surface area (Å²) in [6, 6.07) is 14.3. The van der Waals surface area contributed by atoms with E-state index < -0.39 is 23.3 Å². The van der Waals surface area contributed by atoms with Gasteiger partial charge in [0.2, 0.25) is 5.95 Å². The first kappa shape index (κ1) is 26.1. The van der Waals surface area contributed by atoms with Crippen molar-refractivity contribution in [1.82, 2.24) is 9.97 Å². The summed E-state index contributed by atoms with van der Waals surface area (Å²) in [7, 11) is 1.52. The van der Waals surface area contributed by atoms with Crippen LogP contribution in [-0.4, -0.2) is 29.5 Å². The van der Waals surface area contributed by atoms with Crippen molar-refractivity contribution in [3.63, 3.8) is 0 Å². The van der Waals surface area contributed by atoms with E-state index in [0.29, 0.717) is 11.4 Å². The van der Waals surface area contributed by atoms with Crippen molar-refractivity contribution in [2.24, 2.45) is 10.2 Å². The van der Waals surface area contributed by atoms with Crippen LogP contribution in [0.3, 0.4) is 0 Å². The molecule has 0 atom stereocenters. The minimum absolute atomic E-state index is 0.0746. The molecule has 38 heavy (non-hydrogen) atoms. The molecule has 0 unspecified atom stereocenters. The number of methoxy groups -OCH3 is 1. The molecule has 1 aromatic heterocycles. The van der Waals surface area contributed by atoms with Gasteiger partial charge in [-0.3, -0.25) is 10.9 Å². The van der Waals surface area contributed by atoms with Crippen molar-refractivity contribution in [2.75, 3.05) is 23.3 Å². The number of hydrazone groups is 2. The summed E-state index contributed by atoms with van der Waals surface area (Å²) in [5.41, 5.74) is 6.63. The number of benzene rings is 3. The minimum Gasteiger partial charge on any atom is -0.495 e. The van der Waals surface area contributed by atoms with E-state index in [1.807, 2.05) is 19.1 Å². The highest BCUT2D eigenvalue weighted by atomic mass is 19.2. The highest BCUT2D eigenvalue weighted by Gasteiger charge is 2.10. The summed E-state index contributed by atoms with van der Waals surface area (Å²) in [5, 5.41) is 10.9. The van der Waals surface area contributed by atoms with Gasteiger partial charge in [-0.25, -0.2) is 17.6 Å². The maximum atomic E-state index is 13.9. The minimum atomic E-state index is -1.05. The third-order valence-electron chi connectivity index (χ3n) is 5.06. The topological polar surface area (TPSA) is 95.8 Å². The smallest absolute Gasteiger partial charge is 0.231 e. The van der Waals surface area contributed by atoms with E-state index in [4.69, 9.17) is 4.74 Å². The van der Waals surface area contributed by atoms with Crippen LogP contribution in [0.4, 0.5) is 40.8 Å². The summed E-state index contributed by atoms with van der Waals surface area (Å²) >= 11 is 0. The molecule has 0 aliphatic heterocycles. The van der Waals surface area contributed by atoms with Crippen LogP contribution < -0.4 is 20.9 Å². The van der Waals surface area contributed by atoms with Gasteiger partial charge in [-0.1, -0.05) is 30.3 Å². The van der Waals surface area contributed by atoms with Crippen LogP contribution in [0.1, 0.15) is 16.7 Å². The van der Waals surface area contributed by atoms with Gasteiger partial charge in [0.15, 0.2) is 34.9 Å². The monoisotopic (exact) mass is 523 g/mol. The first-order chi connectivity index (χ1) is 18.3. The van der Waals surface area contributed by atoms with E-state index in [1.165, 1.54) is 37.4 Å². The molecule has 0 radical (unpaired) electrons. The maximum absolute atomic E-state index is 13.9. The van der Waals surface area contributed by atoms with Crippen LogP contribution >= 0.6 is 0 Å². The number of hydrogen-bond acceptors (Lipinski definition) is 8. The predicted molar refractivity (Wildman–Crippen MR) is 138 cm³/mol. The Morgan fingerprint density at radius 2 is 1.32 bits per heavy atom. The van der Waals surface area contributed by atoms with E-state index >= 15 is 0 Å². The Kier molecular flexibility index (Phi) is 8.11. The average molecular weight is 523 g/mol. The van der Waals surface area contributed by atoms with Crippen molar-refractivity contribution in [1.29, 1.82) is 0 Å². The summed E-state index contributed by atoms with van der Waals surface area (Å²) in [6.45, 7) is 1.90.